The number of fused-ring (bicyclic) bond motifs is 1. The largest absolute Gasteiger partial charge is 0.497 e. The Labute approximate surface area is 206 Å². The molecule has 1 aliphatic rings. The Balaban J connectivity index is 1.40. The molecule has 1 aromatic heterocycles. The minimum absolute atomic E-state index is 0.0154. The van der Waals surface area contributed by atoms with E-state index < -0.39 is 6.04 Å². The van der Waals surface area contributed by atoms with Gasteiger partial charge in [0, 0.05) is 35.8 Å². The first-order valence-corrected chi connectivity index (χ1v) is 12.4. The van der Waals surface area contributed by atoms with E-state index in [2.05, 4.69) is 22.6 Å². The van der Waals surface area contributed by atoms with Gasteiger partial charge in [-0.1, -0.05) is 13.8 Å². The van der Waals surface area contributed by atoms with Gasteiger partial charge in [0.1, 0.15) is 17.5 Å². The number of piperidine rings is 1. The topological polar surface area (TPSA) is 83.7 Å². The highest BCUT2D eigenvalue weighted by Crippen LogP contribution is 2.35. The SMILES string of the molecule is CCOc1ccc(C(=O)NC(C(=O)N2CCC(c3c[nH]c4ccc(OC)cc34)CC2)C(C)C)cc1. The highest BCUT2D eigenvalue weighted by atomic mass is 16.5. The molecule has 2 aromatic carbocycles. The zero-order valence-corrected chi connectivity index (χ0v) is 21.0. The number of aromatic nitrogens is 1. The van der Waals surface area contributed by atoms with Crippen LogP contribution in [0.5, 0.6) is 11.5 Å². The third-order valence-electron chi connectivity index (χ3n) is 6.81. The first-order valence-electron chi connectivity index (χ1n) is 12.4. The molecule has 0 spiro atoms. The van der Waals surface area contributed by atoms with E-state index in [1.54, 1.807) is 31.4 Å². The summed E-state index contributed by atoms with van der Waals surface area (Å²) in [5, 5.41) is 4.14. The first kappa shape index (κ1) is 24.6. The van der Waals surface area contributed by atoms with Gasteiger partial charge in [-0.05, 0) is 79.6 Å². The van der Waals surface area contributed by atoms with E-state index in [0.717, 1.165) is 29.9 Å². The molecule has 7 nitrogen and oxygen atoms in total. The van der Waals surface area contributed by atoms with Gasteiger partial charge < -0.3 is 24.7 Å². The Morgan fingerprint density at radius 3 is 2.40 bits per heavy atom. The molecule has 1 unspecified atom stereocenters. The zero-order chi connectivity index (χ0) is 24.9. The standard InChI is InChI=1S/C28H35N3O4/c1-5-35-21-8-6-20(7-9-21)27(32)30-26(18(2)3)28(33)31-14-12-19(13-15-31)24-17-29-25-11-10-22(34-4)16-23(24)25/h6-11,16-19,26,29H,5,12-15H2,1-4H3,(H,30,32). The van der Waals surface area contributed by atoms with E-state index in [0.29, 0.717) is 31.2 Å². The second-order valence-electron chi connectivity index (χ2n) is 9.41. The highest BCUT2D eigenvalue weighted by Gasteiger charge is 2.32. The number of hydrogen-bond acceptors (Lipinski definition) is 4. The Morgan fingerprint density at radius 2 is 1.77 bits per heavy atom. The molecule has 4 rings (SSSR count). The second kappa shape index (κ2) is 10.8. The number of amides is 2. The van der Waals surface area contributed by atoms with Crippen LogP contribution in [0.25, 0.3) is 10.9 Å². The molecule has 186 valence electrons. The Hall–Kier alpha value is -3.48. The average molecular weight is 478 g/mol. The van der Waals surface area contributed by atoms with Gasteiger partial charge in [-0.25, -0.2) is 0 Å². The molecule has 2 amide bonds. The maximum absolute atomic E-state index is 13.4. The summed E-state index contributed by atoms with van der Waals surface area (Å²) in [5.41, 5.74) is 2.88. The summed E-state index contributed by atoms with van der Waals surface area (Å²) in [6.07, 6.45) is 3.85. The Bertz CT molecular complexity index is 1160. The summed E-state index contributed by atoms with van der Waals surface area (Å²) < 4.78 is 10.9. The van der Waals surface area contributed by atoms with E-state index in [4.69, 9.17) is 9.47 Å². The van der Waals surface area contributed by atoms with Crippen molar-refractivity contribution >= 4 is 22.7 Å². The van der Waals surface area contributed by atoms with Crippen LogP contribution in [0.4, 0.5) is 0 Å². The van der Waals surface area contributed by atoms with Crippen molar-refractivity contribution in [2.24, 2.45) is 5.92 Å². The molecule has 1 aliphatic heterocycles. The summed E-state index contributed by atoms with van der Waals surface area (Å²) in [4.78, 5) is 31.5. The fourth-order valence-corrected chi connectivity index (χ4v) is 4.80. The Kier molecular flexibility index (Phi) is 7.63. The van der Waals surface area contributed by atoms with E-state index in [1.807, 2.05) is 37.8 Å². The number of likely N-dealkylation sites (tertiary alicyclic amines) is 1. The zero-order valence-electron chi connectivity index (χ0n) is 21.0. The Morgan fingerprint density at radius 1 is 1.09 bits per heavy atom. The van der Waals surface area contributed by atoms with Gasteiger partial charge in [0.05, 0.1) is 13.7 Å². The van der Waals surface area contributed by atoms with Crippen LogP contribution in [0, 0.1) is 5.92 Å². The monoisotopic (exact) mass is 477 g/mol. The number of hydrogen-bond donors (Lipinski definition) is 2. The van der Waals surface area contributed by atoms with Crippen molar-refractivity contribution in [3.63, 3.8) is 0 Å². The van der Waals surface area contributed by atoms with Crippen molar-refractivity contribution in [1.82, 2.24) is 15.2 Å². The number of nitrogens with one attached hydrogen (secondary N) is 2. The number of rotatable bonds is 8. The van der Waals surface area contributed by atoms with Crippen molar-refractivity contribution in [3.8, 4) is 11.5 Å². The maximum Gasteiger partial charge on any atom is 0.251 e. The number of ether oxygens (including phenoxy) is 2. The third kappa shape index (κ3) is 5.45. The van der Waals surface area contributed by atoms with Crippen LogP contribution in [0.15, 0.2) is 48.7 Å². The van der Waals surface area contributed by atoms with Crippen molar-refractivity contribution in [2.75, 3.05) is 26.8 Å². The molecule has 0 saturated carbocycles. The van der Waals surface area contributed by atoms with Crippen LogP contribution >= 0.6 is 0 Å². The fourth-order valence-electron chi connectivity index (χ4n) is 4.80. The first-order chi connectivity index (χ1) is 16.9. The smallest absolute Gasteiger partial charge is 0.251 e. The molecule has 0 radical (unpaired) electrons. The number of carbonyl (C=O) groups excluding carboxylic acids is 2. The highest BCUT2D eigenvalue weighted by molar-refractivity contribution is 5.97. The lowest BCUT2D eigenvalue weighted by molar-refractivity contribution is -0.135. The van der Waals surface area contributed by atoms with Gasteiger partial charge in [0.25, 0.3) is 5.91 Å². The molecule has 2 heterocycles. The van der Waals surface area contributed by atoms with Crippen LogP contribution in [-0.4, -0.2) is 54.5 Å². The van der Waals surface area contributed by atoms with Crippen LogP contribution in [-0.2, 0) is 4.79 Å². The molecular formula is C28H35N3O4. The summed E-state index contributed by atoms with van der Waals surface area (Å²) in [7, 11) is 1.68. The fraction of sp³-hybridized carbons (Fsp3) is 0.429. The van der Waals surface area contributed by atoms with Crippen LogP contribution in [0.3, 0.4) is 0 Å². The molecule has 1 fully saturated rings. The van der Waals surface area contributed by atoms with E-state index in [1.165, 1.54) is 10.9 Å². The molecule has 0 bridgehead atoms. The van der Waals surface area contributed by atoms with Crippen molar-refractivity contribution < 1.29 is 19.1 Å². The van der Waals surface area contributed by atoms with Crippen molar-refractivity contribution in [2.45, 2.75) is 45.6 Å². The number of H-pyrrole nitrogens is 1. The molecule has 0 aliphatic carbocycles. The molecule has 7 heteroatoms. The summed E-state index contributed by atoms with van der Waals surface area (Å²) in [6, 6.07) is 12.5. The van der Waals surface area contributed by atoms with Crippen LogP contribution in [0.2, 0.25) is 0 Å². The van der Waals surface area contributed by atoms with Gasteiger partial charge in [-0.3, -0.25) is 9.59 Å². The molecule has 1 atom stereocenters. The van der Waals surface area contributed by atoms with Gasteiger partial charge in [-0.15, -0.1) is 0 Å². The van der Waals surface area contributed by atoms with Gasteiger partial charge in [0.2, 0.25) is 5.91 Å². The molecule has 2 N–H and O–H groups in total. The van der Waals surface area contributed by atoms with E-state index in [-0.39, 0.29) is 17.7 Å². The second-order valence-corrected chi connectivity index (χ2v) is 9.41. The van der Waals surface area contributed by atoms with Crippen molar-refractivity contribution in [3.05, 3.63) is 59.8 Å². The van der Waals surface area contributed by atoms with Crippen LogP contribution in [0.1, 0.15) is 55.5 Å². The average Bonchev–Trinajstić information content (AvgIpc) is 3.30. The molecule has 1 saturated heterocycles. The van der Waals surface area contributed by atoms with Gasteiger partial charge >= 0.3 is 0 Å². The maximum atomic E-state index is 13.4. The number of nitrogens with zero attached hydrogens (tertiary/aromatic N) is 1. The third-order valence-corrected chi connectivity index (χ3v) is 6.81. The normalized spacial score (nSPS) is 15.3. The quantitative estimate of drug-likeness (QED) is 0.491. The summed E-state index contributed by atoms with van der Waals surface area (Å²) in [5.74, 6) is 1.65. The predicted octanol–water partition coefficient (Wildman–Crippen LogP) is 4.74. The lowest BCUT2D eigenvalue weighted by Crippen LogP contribution is -2.52. The van der Waals surface area contributed by atoms with E-state index in [9.17, 15) is 9.59 Å². The predicted molar refractivity (Wildman–Crippen MR) is 137 cm³/mol. The lowest BCUT2D eigenvalue weighted by Gasteiger charge is -2.35. The van der Waals surface area contributed by atoms with Gasteiger partial charge in [0.15, 0.2) is 0 Å². The minimum Gasteiger partial charge on any atom is -0.497 e. The lowest BCUT2D eigenvalue weighted by atomic mass is 9.88. The number of methoxy groups -OCH3 is 1. The number of carbonyl (C=O) groups is 2. The van der Waals surface area contributed by atoms with Crippen molar-refractivity contribution in [1.29, 1.82) is 0 Å². The van der Waals surface area contributed by atoms with Crippen LogP contribution < -0.4 is 14.8 Å². The molecule has 3 aromatic rings. The summed E-state index contributed by atoms with van der Waals surface area (Å²) in [6.45, 7) is 7.76. The molecule has 35 heavy (non-hydrogen) atoms. The number of benzene rings is 2. The van der Waals surface area contributed by atoms with Gasteiger partial charge in [-0.2, -0.15) is 0 Å². The van der Waals surface area contributed by atoms with E-state index >= 15 is 0 Å². The summed E-state index contributed by atoms with van der Waals surface area (Å²) >= 11 is 0. The minimum atomic E-state index is -0.567. The molecular weight excluding hydrogens is 442 g/mol. The number of aromatic amines is 1.